The van der Waals surface area contributed by atoms with Gasteiger partial charge in [-0.05, 0) is 7.11 Å². The summed E-state index contributed by atoms with van der Waals surface area (Å²) in [6.07, 6.45) is 1.19. The summed E-state index contributed by atoms with van der Waals surface area (Å²) in [7, 11) is 1.26. The molecule has 0 aromatic heterocycles. The average Bonchev–Trinajstić information content (AvgIpc) is 2.37. The number of azo groups is 1. The van der Waals surface area contributed by atoms with Crippen LogP contribution in [-0.2, 0) is 4.74 Å². The number of ether oxygens (including phenoxy) is 1. The minimum atomic E-state index is -0.563. The van der Waals surface area contributed by atoms with E-state index < -0.39 is 5.95 Å². The third-order valence-electron chi connectivity index (χ3n) is 0.752. The van der Waals surface area contributed by atoms with Gasteiger partial charge in [-0.2, -0.15) is 0 Å². The minimum absolute atomic E-state index is 0. The second-order valence-electron chi connectivity index (χ2n) is 1.28. The fraction of sp³-hybridized carbons (Fsp3) is 0.250. The van der Waals surface area contributed by atoms with Gasteiger partial charge in [0.25, 0.3) is 0 Å². The topological polar surface area (TPSA) is 69.4 Å². The molecular weight excluding hydrogens is 145 g/mol. The molecule has 1 heterocycles. The first kappa shape index (κ1) is 9.61. The molecule has 5 nitrogen and oxygen atoms in total. The van der Waals surface area contributed by atoms with E-state index in [1.54, 1.807) is 0 Å². The molecule has 0 atom stereocenters. The maximum Gasteiger partial charge on any atom is 1.00 e. The molecule has 0 fully saturated rings. The van der Waals surface area contributed by atoms with Crippen molar-refractivity contribution in [1.29, 1.82) is 0 Å². The first-order valence-electron chi connectivity index (χ1n) is 2.23. The summed E-state index contributed by atoms with van der Waals surface area (Å²) in [5.41, 5.74) is 0. The summed E-state index contributed by atoms with van der Waals surface area (Å²) in [5, 5.41) is 17.2. The number of hydrogen-bond acceptors (Lipinski definition) is 5. The molecule has 1 aliphatic heterocycles. The molecule has 0 unspecified atom stereocenters. The first-order chi connectivity index (χ1) is 4.34. The van der Waals surface area contributed by atoms with Gasteiger partial charge in [-0.15, -0.1) is 10.2 Å². The summed E-state index contributed by atoms with van der Waals surface area (Å²) in [5.74, 6) is -0.565. The molecule has 0 saturated heterocycles. The zero-order valence-corrected chi connectivity index (χ0v) is 7.74. The normalized spacial score (nSPS) is 18.5. The van der Waals surface area contributed by atoms with Gasteiger partial charge in [-0.3, -0.25) is 0 Å². The van der Waals surface area contributed by atoms with E-state index in [0.717, 1.165) is 0 Å². The van der Waals surface area contributed by atoms with E-state index in [-0.39, 0.29) is 35.4 Å². The molecule has 0 aromatic rings. The Hall–Kier alpha value is -0.390. The zero-order valence-electron chi connectivity index (χ0n) is 5.74. The summed E-state index contributed by atoms with van der Waals surface area (Å²) in [6, 6.07) is 0. The standard InChI is InChI=1S/C4H5N3O2.Na/c1-9-4(8)3-5-2-6-7-3;/h2,8H,1H3;/q;+1/p-1/b4-3+;. The number of rotatable bonds is 1. The van der Waals surface area contributed by atoms with Crippen LogP contribution in [0.5, 0.6) is 0 Å². The van der Waals surface area contributed by atoms with Crippen LogP contribution in [0.3, 0.4) is 0 Å². The van der Waals surface area contributed by atoms with E-state index in [1.807, 2.05) is 0 Å². The van der Waals surface area contributed by atoms with Crippen molar-refractivity contribution < 1.29 is 39.4 Å². The Bertz CT molecular complexity index is 185. The maximum atomic E-state index is 10.5. The summed E-state index contributed by atoms with van der Waals surface area (Å²) in [6.45, 7) is 0. The van der Waals surface area contributed by atoms with E-state index in [0.29, 0.717) is 0 Å². The average molecular weight is 149 g/mol. The van der Waals surface area contributed by atoms with E-state index >= 15 is 0 Å². The van der Waals surface area contributed by atoms with Crippen LogP contribution in [0.1, 0.15) is 0 Å². The molecule has 0 amide bonds. The van der Waals surface area contributed by atoms with Gasteiger partial charge in [0, 0.05) is 0 Å². The van der Waals surface area contributed by atoms with Gasteiger partial charge >= 0.3 is 29.6 Å². The molecule has 10 heavy (non-hydrogen) atoms. The van der Waals surface area contributed by atoms with Gasteiger partial charge in [0.15, 0.2) is 5.82 Å². The molecule has 0 aromatic carbocycles. The van der Waals surface area contributed by atoms with Crippen molar-refractivity contribution in [2.45, 2.75) is 0 Å². The first-order valence-corrected chi connectivity index (χ1v) is 2.23. The quantitative estimate of drug-likeness (QED) is 0.288. The number of nitrogens with zero attached hydrogens (tertiary/aromatic N) is 3. The summed E-state index contributed by atoms with van der Waals surface area (Å²) < 4.78 is 4.29. The smallest absolute Gasteiger partial charge is 0.614 e. The molecule has 1 aliphatic rings. The van der Waals surface area contributed by atoms with Gasteiger partial charge < -0.3 is 9.84 Å². The summed E-state index contributed by atoms with van der Waals surface area (Å²) in [4.78, 5) is 3.49. The fourth-order valence-electron chi connectivity index (χ4n) is 0.372. The van der Waals surface area contributed by atoms with Gasteiger partial charge in [0.2, 0.25) is 0 Å². The minimum Gasteiger partial charge on any atom is -0.614 e. The van der Waals surface area contributed by atoms with Crippen LogP contribution >= 0.6 is 0 Å². The third kappa shape index (κ3) is 2.09. The number of hydrogen-bond donors (Lipinski definition) is 0. The summed E-state index contributed by atoms with van der Waals surface area (Å²) >= 11 is 0. The molecule has 0 bridgehead atoms. The van der Waals surface area contributed by atoms with Crippen LogP contribution in [-0.4, -0.2) is 13.4 Å². The Morgan fingerprint density at radius 1 is 1.70 bits per heavy atom. The molecule has 0 spiro atoms. The number of aliphatic imine (C=N–C) groups is 1. The Balaban J connectivity index is 0.000000810. The van der Waals surface area contributed by atoms with Crippen LogP contribution in [0.2, 0.25) is 0 Å². The molecule has 0 aliphatic carbocycles. The van der Waals surface area contributed by atoms with Crippen molar-refractivity contribution in [2.75, 3.05) is 7.11 Å². The van der Waals surface area contributed by atoms with Gasteiger partial charge in [-0.25, -0.2) is 4.99 Å². The van der Waals surface area contributed by atoms with E-state index in [2.05, 4.69) is 20.0 Å². The van der Waals surface area contributed by atoms with Crippen molar-refractivity contribution in [3.05, 3.63) is 11.8 Å². The Kier molecular flexibility index (Phi) is 4.26. The van der Waals surface area contributed by atoms with Gasteiger partial charge in [-0.1, -0.05) is 0 Å². The molecule has 48 valence electrons. The Morgan fingerprint density at radius 3 is 2.80 bits per heavy atom. The van der Waals surface area contributed by atoms with Crippen LogP contribution < -0.4 is 34.7 Å². The van der Waals surface area contributed by atoms with Crippen molar-refractivity contribution in [1.82, 2.24) is 0 Å². The Labute approximate surface area is 79.8 Å². The second kappa shape index (κ2) is 4.43. The maximum absolute atomic E-state index is 10.5. The third-order valence-corrected chi connectivity index (χ3v) is 0.752. The Morgan fingerprint density at radius 2 is 2.40 bits per heavy atom. The van der Waals surface area contributed by atoms with Gasteiger partial charge in [0.1, 0.15) is 6.34 Å². The van der Waals surface area contributed by atoms with Crippen LogP contribution in [0.4, 0.5) is 0 Å². The zero-order chi connectivity index (χ0) is 6.69. The predicted molar refractivity (Wildman–Crippen MR) is 27.4 cm³/mol. The molecule has 0 N–H and O–H groups in total. The monoisotopic (exact) mass is 149 g/mol. The van der Waals surface area contributed by atoms with Crippen molar-refractivity contribution >= 4 is 6.34 Å². The second-order valence-corrected chi connectivity index (χ2v) is 1.28. The molecule has 1 rings (SSSR count). The number of methoxy groups -OCH3 is 1. The molecular formula is C4H4N3NaO2. The van der Waals surface area contributed by atoms with E-state index in [9.17, 15) is 5.11 Å². The SMILES string of the molecule is CO/C([O-])=C1\N=CN=N1.[Na+]. The van der Waals surface area contributed by atoms with Crippen LogP contribution in [0.15, 0.2) is 27.0 Å². The van der Waals surface area contributed by atoms with Gasteiger partial charge in [0.05, 0.1) is 5.95 Å². The van der Waals surface area contributed by atoms with Crippen LogP contribution in [0.25, 0.3) is 0 Å². The van der Waals surface area contributed by atoms with Crippen molar-refractivity contribution in [3.8, 4) is 0 Å². The van der Waals surface area contributed by atoms with Crippen LogP contribution in [0, 0.1) is 0 Å². The van der Waals surface area contributed by atoms with E-state index in [4.69, 9.17) is 0 Å². The van der Waals surface area contributed by atoms with E-state index in [1.165, 1.54) is 13.4 Å². The fourth-order valence-corrected chi connectivity index (χ4v) is 0.372. The predicted octanol–water partition coefficient (Wildman–Crippen LogP) is -3.38. The molecule has 0 saturated carbocycles. The van der Waals surface area contributed by atoms with Crippen molar-refractivity contribution in [2.24, 2.45) is 15.2 Å². The molecule has 0 radical (unpaired) electrons. The largest absolute Gasteiger partial charge is 1.00 e. The molecule has 6 heteroatoms. The van der Waals surface area contributed by atoms with Crippen molar-refractivity contribution in [3.63, 3.8) is 0 Å².